The van der Waals surface area contributed by atoms with Gasteiger partial charge in [-0.05, 0) is 87.0 Å². The molecule has 0 aromatic carbocycles. The predicted octanol–water partition coefficient (Wildman–Crippen LogP) is -6.65. The molecule has 5 saturated heterocycles. The number of ether oxygens (including phenoxy) is 10. The Morgan fingerprint density at radius 1 is 0.468 bits per heavy atom. The van der Waals surface area contributed by atoms with Crippen LogP contribution in [0.1, 0.15) is 79.1 Å². The molecular weight excluding hydrogens is 1060 g/mol. The molecular formula is C51H84O28. The smallest absolute Gasteiger partial charge is 0.314 e. The van der Waals surface area contributed by atoms with Gasteiger partial charge in [0.2, 0.25) is 6.29 Å². The second-order valence-electron chi connectivity index (χ2n) is 23.9. The van der Waals surface area contributed by atoms with E-state index in [1.807, 2.05) is 0 Å². The van der Waals surface area contributed by atoms with E-state index in [1.165, 1.54) is 0 Å². The van der Waals surface area contributed by atoms with Crippen molar-refractivity contribution in [2.45, 2.75) is 238 Å². The summed E-state index contributed by atoms with van der Waals surface area (Å²) in [6.45, 7) is 7.92. The maximum absolute atomic E-state index is 14.9. The minimum absolute atomic E-state index is 0.117. The zero-order valence-electron chi connectivity index (χ0n) is 44.6. The van der Waals surface area contributed by atoms with Crippen molar-refractivity contribution in [1.82, 2.24) is 0 Å². The van der Waals surface area contributed by atoms with Gasteiger partial charge in [-0.3, -0.25) is 4.79 Å². The Kier molecular flexibility index (Phi) is 19.7. The molecule has 5 aliphatic heterocycles. The van der Waals surface area contributed by atoms with E-state index < -0.39 is 214 Å². The number of hydrogen-bond acceptors (Lipinski definition) is 28. The first-order valence-electron chi connectivity index (χ1n) is 27.2. The molecule has 8 aliphatic rings. The Morgan fingerprint density at radius 2 is 0.873 bits per heavy atom. The highest BCUT2D eigenvalue weighted by molar-refractivity contribution is 5.77. The van der Waals surface area contributed by atoms with Crippen molar-refractivity contribution >= 4 is 5.97 Å². The Balaban J connectivity index is 1.06. The van der Waals surface area contributed by atoms with Gasteiger partial charge in [-0.2, -0.15) is 0 Å². The molecule has 8 rings (SSSR count). The van der Waals surface area contributed by atoms with Gasteiger partial charge >= 0.3 is 5.97 Å². The highest BCUT2D eigenvalue weighted by Crippen LogP contribution is 2.69. The van der Waals surface area contributed by atoms with Gasteiger partial charge in [0.1, 0.15) is 116 Å². The van der Waals surface area contributed by atoms with E-state index >= 15 is 0 Å². The Bertz CT molecular complexity index is 2060. The second kappa shape index (κ2) is 24.6. The number of hydrogen-bond donors (Lipinski definition) is 17. The molecule has 28 heteroatoms. The maximum Gasteiger partial charge on any atom is 0.314 e. The summed E-state index contributed by atoms with van der Waals surface area (Å²) in [5.74, 6) is -1.22. The molecule has 5 heterocycles. The van der Waals surface area contributed by atoms with Gasteiger partial charge < -0.3 is 134 Å². The summed E-state index contributed by atoms with van der Waals surface area (Å²) in [7, 11) is 0. The largest absolute Gasteiger partial charge is 0.432 e. The van der Waals surface area contributed by atoms with Gasteiger partial charge in [-0.25, -0.2) is 0 Å². The fourth-order valence-electron chi connectivity index (χ4n) is 14.4. The SMILES string of the molecule is C=C(C)[C@]1(OC2OC(CO)C(O)C(OC3OC(CO)C(O)C(O)C3O)C2OC2OC(CO)C(O)C(O)C2O)CC[C@@H]2[C@@](C)(CC[C@H]3[C@@]2(C)CCC[C@@]3(C)C(=O)OC2OC(CO)C(O)C(O)C2OC2OC(CO)C(O)C(O)C2O)C1. The summed E-state index contributed by atoms with van der Waals surface area (Å²) in [5.41, 5.74) is -3.20. The van der Waals surface area contributed by atoms with Crippen LogP contribution in [0.4, 0.5) is 0 Å². The molecule has 31 atom stereocenters. The number of rotatable bonds is 16. The summed E-state index contributed by atoms with van der Waals surface area (Å²) in [6, 6.07) is 0. The standard InChI is InChI=1S/C51H84O28/c1-19(2)51(79-46-41(77-44-38(68)34(64)29(59)22(15-54)72-44)39(31(61)24(17-56)74-46)75-42-36(66)32(62)27(57)20(13-52)70-42)12-8-25-48(3,18-51)11-7-26-49(25,4)9-6-10-50(26,5)47(69)78-45-40(35(65)30(60)23(16-55)73-45)76-43-37(67)33(63)28(58)21(14-53)71-43/h20-46,52-68H,1,6-18H2,2-5H3/t20?,21?,22?,23?,24?,25-,26+,27?,28?,29?,30?,31?,32?,33?,34?,35?,36?,37?,38?,39?,40?,41?,42?,43?,44?,45?,46?,48+,49+,50-,51+/m1/s1. The van der Waals surface area contributed by atoms with Crippen LogP contribution in [0, 0.1) is 28.1 Å². The summed E-state index contributed by atoms with van der Waals surface area (Å²) >= 11 is 0. The molecule has 25 unspecified atom stereocenters. The molecule has 0 bridgehead atoms. The lowest BCUT2D eigenvalue weighted by atomic mass is 9.40. The maximum atomic E-state index is 14.9. The summed E-state index contributed by atoms with van der Waals surface area (Å²) in [6.07, 6.45) is -41.0. The molecule has 28 nitrogen and oxygen atoms in total. The van der Waals surface area contributed by atoms with Crippen molar-refractivity contribution in [3.05, 3.63) is 12.2 Å². The topological polar surface area (TPSA) is 453 Å². The first-order chi connectivity index (χ1) is 37.2. The number of aliphatic hydroxyl groups is 17. The van der Waals surface area contributed by atoms with Gasteiger partial charge in [0.25, 0.3) is 0 Å². The van der Waals surface area contributed by atoms with Crippen molar-refractivity contribution in [2.24, 2.45) is 28.1 Å². The lowest BCUT2D eigenvalue weighted by Crippen LogP contribution is -2.68. The molecule has 456 valence electrons. The zero-order valence-corrected chi connectivity index (χ0v) is 44.6. The molecule has 0 amide bonds. The van der Waals surface area contributed by atoms with E-state index in [1.54, 1.807) is 13.8 Å². The van der Waals surface area contributed by atoms with Crippen molar-refractivity contribution in [1.29, 1.82) is 0 Å². The van der Waals surface area contributed by atoms with Crippen LogP contribution >= 0.6 is 0 Å². The minimum atomic E-state index is -2.00. The zero-order chi connectivity index (χ0) is 58.0. The van der Waals surface area contributed by atoms with Gasteiger partial charge in [0, 0.05) is 0 Å². The number of fused-ring (bicyclic) bond motifs is 3. The fraction of sp³-hybridized carbons (Fsp3) is 0.941. The minimum Gasteiger partial charge on any atom is -0.432 e. The molecule has 0 radical (unpaired) electrons. The molecule has 0 aromatic rings. The van der Waals surface area contributed by atoms with Crippen LogP contribution in [-0.4, -0.2) is 285 Å². The Labute approximate surface area is 455 Å². The third-order valence-electron chi connectivity index (χ3n) is 19.0. The third-order valence-corrected chi connectivity index (χ3v) is 19.0. The van der Waals surface area contributed by atoms with E-state index in [4.69, 9.17) is 47.4 Å². The lowest BCUT2D eigenvalue weighted by molar-refractivity contribution is -0.401. The predicted molar refractivity (Wildman–Crippen MR) is 258 cm³/mol. The first-order valence-corrected chi connectivity index (χ1v) is 27.2. The van der Waals surface area contributed by atoms with Crippen LogP contribution in [0.2, 0.25) is 0 Å². The third kappa shape index (κ3) is 11.5. The van der Waals surface area contributed by atoms with E-state index in [9.17, 15) is 91.6 Å². The molecule has 3 aliphatic carbocycles. The van der Waals surface area contributed by atoms with Crippen LogP contribution in [0.25, 0.3) is 0 Å². The van der Waals surface area contributed by atoms with Gasteiger partial charge in [-0.1, -0.05) is 26.8 Å². The molecule has 8 fully saturated rings. The van der Waals surface area contributed by atoms with E-state index in [0.29, 0.717) is 44.1 Å². The number of aliphatic hydroxyl groups excluding tert-OH is 17. The van der Waals surface area contributed by atoms with Gasteiger partial charge in [0.15, 0.2) is 31.3 Å². The summed E-state index contributed by atoms with van der Waals surface area (Å²) in [4.78, 5) is 14.9. The van der Waals surface area contributed by atoms with E-state index in [0.717, 1.165) is 0 Å². The normalized spacial score (nSPS) is 53.4. The van der Waals surface area contributed by atoms with Crippen LogP contribution in [0.5, 0.6) is 0 Å². The number of esters is 1. The Morgan fingerprint density at radius 3 is 1.34 bits per heavy atom. The summed E-state index contributed by atoms with van der Waals surface area (Å²) in [5, 5.41) is 181. The van der Waals surface area contributed by atoms with Crippen LogP contribution in [0.3, 0.4) is 0 Å². The second-order valence-corrected chi connectivity index (χ2v) is 23.9. The average molecular weight is 1150 g/mol. The quantitative estimate of drug-likeness (QED) is 0.0388. The average Bonchev–Trinajstić information content (AvgIpc) is 3.59. The highest BCUT2D eigenvalue weighted by atomic mass is 16.8. The van der Waals surface area contributed by atoms with Crippen molar-refractivity contribution in [3.63, 3.8) is 0 Å². The van der Waals surface area contributed by atoms with Crippen molar-refractivity contribution in [3.8, 4) is 0 Å². The molecule has 0 aromatic heterocycles. The van der Waals surface area contributed by atoms with E-state index in [2.05, 4.69) is 20.4 Å². The molecule has 3 saturated carbocycles. The van der Waals surface area contributed by atoms with Gasteiger partial charge in [0.05, 0.1) is 44.1 Å². The monoisotopic (exact) mass is 1140 g/mol. The Hall–Kier alpha value is -1.83. The van der Waals surface area contributed by atoms with Crippen molar-refractivity contribution < 1.29 is 139 Å². The van der Waals surface area contributed by atoms with E-state index in [-0.39, 0.29) is 24.7 Å². The molecule has 17 N–H and O–H groups in total. The van der Waals surface area contributed by atoms with Gasteiger partial charge in [-0.15, -0.1) is 0 Å². The van der Waals surface area contributed by atoms with Crippen LogP contribution < -0.4 is 0 Å². The van der Waals surface area contributed by atoms with Crippen molar-refractivity contribution in [2.75, 3.05) is 33.0 Å². The number of carbonyl (C=O) groups excluding carboxylic acids is 1. The van der Waals surface area contributed by atoms with Crippen LogP contribution in [0.15, 0.2) is 12.2 Å². The highest BCUT2D eigenvalue weighted by Gasteiger charge is 2.66. The first kappa shape index (κ1) is 63.2. The lowest BCUT2D eigenvalue weighted by Gasteiger charge is -2.66. The summed E-state index contributed by atoms with van der Waals surface area (Å²) < 4.78 is 60.4. The fourth-order valence-corrected chi connectivity index (χ4v) is 14.4. The molecule has 79 heavy (non-hydrogen) atoms. The van der Waals surface area contributed by atoms with Crippen LogP contribution in [-0.2, 0) is 52.2 Å². The molecule has 0 spiro atoms. The number of carbonyl (C=O) groups is 1.